The number of hydrogen-bond donors (Lipinski definition) is 0. The van der Waals surface area contributed by atoms with E-state index < -0.39 is 11.6 Å². The Kier molecular flexibility index (Phi) is 9.04. The first kappa shape index (κ1) is 24.9. The van der Waals surface area contributed by atoms with Crippen molar-refractivity contribution in [3.63, 3.8) is 0 Å². The molecule has 0 radical (unpaired) electrons. The molecule has 0 saturated carbocycles. The number of aromatic nitrogens is 6. The van der Waals surface area contributed by atoms with Crippen LogP contribution in [0.1, 0.15) is 25.5 Å². The van der Waals surface area contributed by atoms with Crippen LogP contribution in [0.15, 0.2) is 47.7 Å². The van der Waals surface area contributed by atoms with Crippen LogP contribution in [0.2, 0.25) is 10.6 Å². The number of imidazole rings is 1. The van der Waals surface area contributed by atoms with E-state index >= 15 is 0 Å². The molecule has 33 heavy (non-hydrogen) atoms. The zero-order chi connectivity index (χ0) is 23.8. The van der Waals surface area contributed by atoms with Crippen LogP contribution >= 0.6 is 39.1 Å². The van der Waals surface area contributed by atoms with Gasteiger partial charge in [-0.05, 0) is 57.7 Å². The topological polar surface area (TPSA) is 78.1 Å². The van der Waals surface area contributed by atoms with Crippen molar-refractivity contribution >= 4 is 50.9 Å². The fourth-order valence-corrected chi connectivity index (χ4v) is 3.15. The Balaban J connectivity index is 0.000000190. The molecule has 0 N–H and O–H groups in total. The first-order valence-corrected chi connectivity index (χ1v) is 11.2. The van der Waals surface area contributed by atoms with Gasteiger partial charge in [-0.25, -0.2) is 33.7 Å². The quantitative estimate of drug-likeness (QED) is 0.155. The summed E-state index contributed by atoms with van der Waals surface area (Å²) < 4.78 is 34.5. The van der Waals surface area contributed by atoms with Gasteiger partial charge in [0.1, 0.15) is 17.0 Å². The first-order chi connectivity index (χ1) is 15.9. The Hall–Kier alpha value is -2.69. The lowest BCUT2D eigenvalue weighted by atomic mass is 10.3. The van der Waals surface area contributed by atoms with E-state index in [-0.39, 0.29) is 22.0 Å². The van der Waals surface area contributed by atoms with E-state index in [1.807, 2.05) is 12.1 Å². The SMILES string of the molecule is CCCCO/C=C/c1nc(Cl)ncc1F.Fc1cnc(Cl)nc1-c1cnc2ccc(Br)cn12. The number of unbranched alkanes of at least 4 members (excludes halogenated alkanes) is 1. The van der Waals surface area contributed by atoms with E-state index in [1.165, 1.54) is 12.3 Å². The van der Waals surface area contributed by atoms with E-state index in [4.69, 9.17) is 27.9 Å². The molecule has 0 bridgehead atoms. The Morgan fingerprint density at radius 3 is 2.52 bits per heavy atom. The minimum Gasteiger partial charge on any atom is -0.501 e. The van der Waals surface area contributed by atoms with Crippen LogP contribution in [-0.2, 0) is 4.74 Å². The van der Waals surface area contributed by atoms with Gasteiger partial charge in [-0.1, -0.05) is 13.3 Å². The van der Waals surface area contributed by atoms with Gasteiger partial charge in [-0.2, -0.15) is 0 Å². The number of nitrogens with zero attached hydrogens (tertiary/aromatic N) is 6. The fourth-order valence-electron chi connectivity index (χ4n) is 2.54. The maximum absolute atomic E-state index is 13.7. The van der Waals surface area contributed by atoms with Crippen molar-refractivity contribution in [1.29, 1.82) is 0 Å². The summed E-state index contributed by atoms with van der Waals surface area (Å²) in [5, 5.41) is 0.0148. The molecule has 0 fully saturated rings. The fraction of sp³-hybridized carbons (Fsp3) is 0.190. The molecule has 0 aliphatic heterocycles. The molecule has 0 aliphatic carbocycles. The second-order valence-electron chi connectivity index (χ2n) is 6.45. The molecule has 0 aliphatic rings. The average Bonchev–Trinajstić information content (AvgIpc) is 3.21. The third kappa shape index (κ3) is 6.89. The van der Waals surface area contributed by atoms with Crippen LogP contribution in [0.5, 0.6) is 0 Å². The monoisotopic (exact) mass is 556 g/mol. The first-order valence-electron chi connectivity index (χ1n) is 9.66. The highest BCUT2D eigenvalue weighted by Gasteiger charge is 2.13. The molecule has 0 atom stereocenters. The summed E-state index contributed by atoms with van der Waals surface area (Å²) in [7, 11) is 0. The Morgan fingerprint density at radius 2 is 1.76 bits per heavy atom. The van der Waals surface area contributed by atoms with Gasteiger partial charge in [-0.3, -0.25) is 4.40 Å². The molecular weight excluding hydrogens is 541 g/mol. The van der Waals surface area contributed by atoms with Crippen LogP contribution in [0.4, 0.5) is 8.78 Å². The van der Waals surface area contributed by atoms with E-state index in [9.17, 15) is 8.78 Å². The maximum atomic E-state index is 13.7. The molecule has 0 amide bonds. The molecule has 0 spiro atoms. The van der Waals surface area contributed by atoms with Gasteiger partial charge in [0, 0.05) is 16.7 Å². The predicted molar refractivity (Wildman–Crippen MR) is 126 cm³/mol. The second-order valence-corrected chi connectivity index (χ2v) is 8.05. The molecule has 4 aromatic heterocycles. The summed E-state index contributed by atoms with van der Waals surface area (Å²) in [4.78, 5) is 18.9. The number of hydrogen-bond acceptors (Lipinski definition) is 6. The van der Waals surface area contributed by atoms with Crippen LogP contribution in [-0.4, -0.2) is 35.9 Å². The Morgan fingerprint density at radius 1 is 1.03 bits per heavy atom. The van der Waals surface area contributed by atoms with Crippen molar-refractivity contribution in [1.82, 2.24) is 29.3 Å². The summed E-state index contributed by atoms with van der Waals surface area (Å²) >= 11 is 14.6. The number of ether oxygens (including phenoxy) is 1. The third-order valence-electron chi connectivity index (χ3n) is 4.11. The van der Waals surface area contributed by atoms with E-state index in [1.54, 1.807) is 16.8 Å². The highest BCUT2D eigenvalue weighted by Crippen LogP contribution is 2.24. The van der Waals surface area contributed by atoms with Gasteiger partial charge in [0.25, 0.3) is 0 Å². The summed E-state index contributed by atoms with van der Waals surface area (Å²) in [5.74, 6) is -1.06. The number of fused-ring (bicyclic) bond motifs is 1. The van der Waals surface area contributed by atoms with Crippen molar-refractivity contribution in [2.75, 3.05) is 6.61 Å². The lowest BCUT2D eigenvalue weighted by Crippen LogP contribution is -1.96. The summed E-state index contributed by atoms with van der Waals surface area (Å²) in [6.07, 6.45) is 10.3. The largest absolute Gasteiger partial charge is 0.501 e. The normalized spacial score (nSPS) is 11.0. The van der Waals surface area contributed by atoms with E-state index in [0.29, 0.717) is 17.9 Å². The Labute approximate surface area is 206 Å². The number of rotatable bonds is 6. The molecule has 4 heterocycles. The average molecular weight is 558 g/mol. The second kappa shape index (κ2) is 12.0. The van der Waals surface area contributed by atoms with E-state index in [0.717, 1.165) is 29.7 Å². The van der Waals surface area contributed by atoms with Gasteiger partial charge in [0.15, 0.2) is 11.6 Å². The summed E-state index contributed by atoms with van der Waals surface area (Å²) in [5.41, 5.74) is 1.47. The van der Waals surface area contributed by atoms with Gasteiger partial charge in [0.2, 0.25) is 10.6 Å². The van der Waals surface area contributed by atoms with Crippen LogP contribution in [0.3, 0.4) is 0 Å². The highest BCUT2D eigenvalue weighted by atomic mass is 79.9. The highest BCUT2D eigenvalue weighted by molar-refractivity contribution is 9.10. The molecule has 0 unspecified atom stereocenters. The van der Waals surface area contributed by atoms with Gasteiger partial charge in [0.05, 0.1) is 37.2 Å². The molecule has 172 valence electrons. The molecule has 4 rings (SSSR count). The van der Waals surface area contributed by atoms with E-state index in [2.05, 4.69) is 47.8 Å². The Bertz CT molecular complexity index is 1270. The third-order valence-corrected chi connectivity index (χ3v) is 4.94. The van der Waals surface area contributed by atoms with Gasteiger partial charge < -0.3 is 4.74 Å². The van der Waals surface area contributed by atoms with Crippen LogP contribution in [0.25, 0.3) is 23.1 Å². The van der Waals surface area contributed by atoms with Crippen molar-refractivity contribution in [3.05, 3.63) is 75.6 Å². The minimum absolute atomic E-state index is 0.00338. The molecule has 7 nitrogen and oxygen atoms in total. The minimum atomic E-state index is -0.541. The molecule has 0 aromatic carbocycles. The van der Waals surface area contributed by atoms with Crippen molar-refractivity contribution in [2.45, 2.75) is 19.8 Å². The predicted octanol–water partition coefficient (Wildman–Crippen LogP) is 6.40. The molecular formula is C21H17BrCl2F2N6O. The molecule has 4 aromatic rings. The zero-order valence-corrected chi connectivity index (χ0v) is 20.3. The standard InChI is InChI=1S/C11H5BrClFN4.C10H12ClFN2O/c12-6-1-2-9-15-4-8(18(9)5-6)10-7(14)3-16-11(13)17-10;1-2-3-5-15-6-4-9-8(12)7-13-10(11)14-9/h1-5H;4,6-7H,2-3,5H2,1H3/b;6-4+. The van der Waals surface area contributed by atoms with Crippen molar-refractivity contribution in [2.24, 2.45) is 0 Å². The lowest BCUT2D eigenvalue weighted by Gasteiger charge is -2.03. The molecule has 12 heteroatoms. The van der Waals surface area contributed by atoms with Crippen molar-refractivity contribution in [3.8, 4) is 11.4 Å². The lowest BCUT2D eigenvalue weighted by molar-refractivity contribution is 0.246. The number of pyridine rings is 1. The summed E-state index contributed by atoms with van der Waals surface area (Å²) in [6.45, 7) is 2.68. The zero-order valence-electron chi connectivity index (χ0n) is 17.2. The van der Waals surface area contributed by atoms with Crippen LogP contribution in [0, 0.1) is 11.6 Å². The van der Waals surface area contributed by atoms with Crippen LogP contribution < -0.4 is 0 Å². The van der Waals surface area contributed by atoms with Gasteiger partial charge >= 0.3 is 0 Å². The number of halogens is 5. The van der Waals surface area contributed by atoms with Crippen molar-refractivity contribution < 1.29 is 13.5 Å². The maximum Gasteiger partial charge on any atom is 0.223 e. The van der Waals surface area contributed by atoms with Gasteiger partial charge in [-0.15, -0.1) is 0 Å². The smallest absolute Gasteiger partial charge is 0.223 e. The molecule has 0 saturated heterocycles. The summed E-state index contributed by atoms with van der Waals surface area (Å²) in [6, 6.07) is 3.67.